The van der Waals surface area contributed by atoms with Gasteiger partial charge >= 0.3 is 5.97 Å². The molecule has 0 spiro atoms. The number of methoxy groups -OCH3 is 1. The fraction of sp³-hybridized carbons (Fsp3) is 0.300. The molecule has 0 radical (unpaired) electrons. The number of thiazole rings is 1. The zero-order chi connectivity index (χ0) is 20.6. The maximum absolute atomic E-state index is 12.6. The lowest BCUT2D eigenvalue weighted by Gasteiger charge is -2.04. The largest absolute Gasteiger partial charge is 0.465 e. The number of rotatable bonds is 5. The third kappa shape index (κ3) is 3.68. The fourth-order valence-electron chi connectivity index (χ4n) is 3.27. The number of carbonyl (C=O) groups excluding carboxylic acids is 3. The minimum absolute atomic E-state index is 0.105. The molecule has 1 amide bonds. The maximum atomic E-state index is 12.6. The van der Waals surface area contributed by atoms with Gasteiger partial charge in [0.15, 0.2) is 10.9 Å². The van der Waals surface area contributed by atoms with Crippen molar-refractivity contribution in [2.24, 2.45) is 0 Å². The summed E-state index contributed by atoms with van der Waals surface area (Å²) in [6.45, 7) is 7.04. The smallest absolute Gasteiger partial charge is 0.339 e. The molecule has 0 bridgehead atoms. The summed E-state index contributed by atoms with van der Waals surface area (Å²) in [6.07, 6.45) is -0.105. The summed E-state index contributed by atoms with van der Waals surface area (Å²) in [4.78, 5) is 43.9. The molecule has 0 aliphatic rings. The number of fused-ring (bicyclic) bond motifs is 1. The van der Waals surface area contributed by atoms with Gasteiger partial charge in [-0.15, -0.1) is 0 Å². The van der Waals surface area contributed by atoms with Gasteiger partial charge in [-0.25, -0.2) is 9.78 Å². The normalized spacial score (nSPS) is 10.9. The molecule has 2 N–H and O–H groups in total. The number of amides is 1. The highest BCUT2D eigenvalue weighted by Gasteiger charge is 2.24. The van der Waals surface area contributed by atoms with E-state index in [-0.39, 0.29) is 23.7 Å². The minimum Gasteiger partial charge on any atom is -0.465 e. The Kier molecular flexibility index (Phi) is 5.33. The number of benzene rings is 1. The van der Waals surface area contributed by atoms with Crippen molar-refractivity contribution in [1.29, 1.82) is 0 Å². The number of hydrogen-bond donors (Lipinski definition) is 2. The van der Waals surface area contributed by atoms with Gasteiger partial charge in [0.05, 0.1) is 35.0 Å². The predicted molar refractivity (Wildman–Crippen MR) is 108 cm³/mol. The van der Waals surface area contributed by atoms with E-state index in [2.05, 4.69) is 15.3 Å². The van der Waals surface area contributed by atoms with Crippen LogP contribution in [0, 0.1) is 20.8 Å². The van der Waals surface area contributed by atoms with E-state index in [1.54, 1.807) is 6.92 Å². The van der Waals surface area contributed by atoms with Crippen LogP contribution in [0.4, 0.5) is 5.13 Å². The van der Waals surface area contributed by atoms with Gasteiger partial charge < -0.3 is 15.0 Å². The van der Waals surface area contributed by atoms with Crippen molar-refractivity contribution in [2.75, 3.05) is 12.4 Å². The molecule has 1 aromatic carbocycles. The van der Waals surface area contributed by atoms with E-state index < -0.39 is 5.97 Å². The highest BCUT2D eigenvalue weighted by molar-refractivity contribution is 7.22. The van der Waals surface area contributed by atoms with E-state index in [9.17, 15) is 14.4 Å². The summed E-state index contributed by atoms with van der Waals surface area (Å²) < 4.78 is 5.80. The van der Waals surface area contributed by atoms with Crippen molar-refractivity contribution < 1.29 is 19.1 Å². The number of aromatic amines is 1. The quantitative estimate of drug-likeness (QED) is 0.503. The number of aryl methyl sites for hydroxylation is 2. The molecular weight excluding hydrogens is 378 g/mol. The van der Waals surface area contributed by atoms with E-state index in [0.29, 0.717) is 22.1 Å². The van der Waals surface area contributed by atoms with Gasteiger partial charge in [0, 0.05) is 12.6 Å². The predicted octanol–water partition coefficient (Wildman–Crippen LogP) is 3.72. The summed E-state index contributed by atoms with van der Waals surface area (Å²) in [6, 6.07) is 4.07. The SMILES string of the molecule is COC(=O)c1c(CC(=O)Nc2nc3c(C)cc(C)cc3s2)[nH]c(C(C)=O)c1C. The second-order valence-electron chi connectivity index (χ2n) is 6.70. The molecule has 0 atom stereocenters. The van der Waals surface area contributed by atoms with Gasteiger partial charge in [0.25, 0.3) is 0 Å². The van der Waals surface area contributed by atoms with E-state index >= 15 is 0 Å². The second-order valence-corrected chi connectivity index (χ2v) is 7.73. The Morgan fingerprint density at radius 1 is 1.21 bits per heavy atom. The number of nitrogens with one attached hydrogen (secondary N) is 2. The topological polar surface area (TPSA) is 101 Å². The average molecular weight is 399 g/mol. The van der Waals surface area contributed by atoms with Crippen LogP contribution in [0.3, 0.4) is 0 Å². The van der Waals surface area contributed by atoms with Crippen molar-refractivity contribution in [1.82, 2.24) is 9.97 Å². The molecular formula is C20H21N3O4S. The van der Waals surface area contributed by atoms with Crippen LogP contribution in [-0.2, 0) is 16.0 Å². The molecule has 0 unspecified atom stereocenters. The van der Waals surface area contributed by atoms with Crippen molar-refractivity contribution >= 4 is 44.3 Å². The molecule has 28 heavy (non-hydrogen) atoms. The van der Waals surface area contributed by atoms with E-state index in [1.165, 1.54) is 25.4 Å². The van der Waals surface area contributed by atoms with Crippen LogP contribution >= 0.6 is 11.3 Å². The third-order valence-electron chi connectivity index (χ3n) is 4.48. The summed E-state index contributed by atoms with van der Waals surface area (Å²) in [7, 11) is 1.26. The molecule has 146 valence electrons. The Hall–Kier alpha value is -3.00. The number of hydrogen-bond acceptors (Lipinski definition) is 6. The highest BCUT2D eigenvalue weighted by Crippen LogP contribution is 2.29. The average Bonchev–Trinajstić information content (AvgIpc) is 3.15. The molecule has 2 aromatic heterocycles. The second kappa shape index (κ2) is 7.55. The monoisotopic (exact) mass is 399 g/mol. The lowest BCUT2D eigenvalue weighted by molar-refractivity contribution is -0.115. The first-order chi connectivity index (χ1) is 13.2. The highest BCUT2D eigenvalue weighted by atomic mass is 32.1. The van der Waals surface area contributed by atoms with Crippen molar-refractivity contribution in [2.45, 2.75) is 34.1 Å². The number of esters is 1. The van der Waals surface area contributed by atoms with Crippen LogP contribution in [0.1, 0.15) is 50.2 Å². The number of H-pyrrole nitrogens is 1. The number of anilines is 1. The number of Topliss-reactive ketones (excluding diaryl/α,β-unsaturated/α-hetero) is 1. The van der Waals surface area contributed by atoms with Crippen LogP contribution in [-0.4, -0.2) is 34.7 Å². The first-order valence-electron chi connectivity index (χ1n) is 8.69. The Morgan fingerprint density at radius 3 is 2.57 bits per heavy atom. The summed E-state index contributed by atoms with van der Waals surface area (Å²) in [5.74, 6) is -1.14. The molecule has 7 nitrogen and oxygen atoms in total. The summed E-state index contributed by atoms with van der Waals surface area (Å²) in [5.41, 5.74) is 4.38. The maximum Gasteiger partial charge on any atom is 0.339 e. The third-order valence-corrected chi connectivity index (χ3v) is 5.40. The standard InChI is InChI=1S/C20H21N3O4S/c1-9-6-10(2)17-14(7-9)28-20(23-17)22-15(25)8-13-16(19(26)27-5)11(3)18(21-13)12(4)24/h6-7,21H,8H2,1-5H3,(H,22,23,25). The Morgan fingerprint density at radius 2 is 1.93 bits per heavy atom. The van der Waals surface area contributed by atoms with Crippen LogP contribution in [0.15, 0.2) is 12.1 Å². The zero-order valence-corrected chi connectivity index (χ0v) is 17.2. The van der Waals surface area contributed by atoms with Gasteiger partial charge in [0.1, 0.15) is 0 Å². The van der Waals surface area contributed by atoms with Crippen molar-refractivity contribution in [3.05, 3.63) is 45.8 Å². The lowest BCUT2D eigenvalue weighted by Crippen LogP contribution is -2.17. The fourth-order valence-corrected chi connectivity index (χ4v) is 4.33. The first kappa shape index (κ1) is 19.8. The number of carbonyl (C=O) groups is 3. The van der Waals surface area contributed by atoms with Gasteiger partial charge in [0.2, 0.25) is 5.91 Å². The van der Waals surface area contributed by atoms with Gasteiger partial charge in [-0.2, -0.15) is 0 Å². The Bertz CT molecular complexity index is 1110. The van der Waals surface area contributed by atoms with Crippen LogP contribution in [0.2, 0.25) is 0 Å². The van der Waals surface area contributed by atoms with Crippen LogP contribution in [0.5, 0.6) is 0 Å². The van der Waals surface area contributed by atoms with Gasteiger partial charge in [-0.3, -0.25) is 9.59 Å². The number of ketones is 1. The number of aromatic nitrogens is 2. The molecule has 3 rings (SSSR count). The number of nitrogens with zero attached hydrogens (tertiary/aromatic N) is 1. The Balaban J connectivity index is 1.87. The van der Waals surface area contributed by atoms with Crippen molar-refractivity contribution in [3.8, 4) is 0 Å². The van der Waals surface area contributed by atoms with Crippen molar-refractivity contribution in [3.63, 3.8) is 0 Å². The van der Waals surface area contributed by atoms with E-state index in [0.717, 1.165) is 21.3 Å². The molecule has 3 aromatic rings. The van der Waals surface area contributed by atoms with E-state index in [1.807, 2.05) is 26.0 Å². The van der Waals surface area contributed by atoms with Gasteiger partial charge in [-0.1, -0.05) is 17.4 Å². The molecule has 8 heteroatoms. The molecule has 0 saturated carbocycles. The van der Waals surface area contributed by atoms with Crippen LogP contribution < -0.4 is 5.32 Å². The lowest BCUT2D eigenvalue weighted by atomic mass is 10.1. The minimum atomic E-state index is -0.588. The summed E-state index contributed by atoms with van der Waals surface area (Å²) >= 11 is 1.39. The molecule has 0 aliphatic heterocycles. The first-order valence-corrected chi connectivity index (χ1v) is 9.51. The zero-order valence-electron chi connectivity index (χ0n) is 16.4. The molecule has 2 heterocycles. The van der Waals surface area contributed by atoms with E-state index in [4.69, 9.17) is 4.74 Å². The molecule has 0 aliphatic carbocycles. The molecule has 0 fully saturated rings. The Labute approximate surface area is 166 Å². The molecule has 0 saturated heterocycles. The van der Waals surface area contributed by atoms with Gasteiger partial charge in [-0.05, 0) is 43.5 Å². The number of ether oxygens (including phenoxy) is 1. The van der Waals surface area contributed by atoms with Crippen LogP contribution in [0.25, 0.3) is 10.2 Å². The summed E-state index contributed by atoms with van der Waals surface area (Å²) in [5, 5.41) is 3.27.